The van der Waals surface area contributed by atoms with Crippen LogP contribution in [0.25, 0.3) is 11.2 Å². The fraction of sp³-hybridized carbons (Fsp3) is 0.615. The summed E-state index contributed by atoms with van der Waals surface area (Å²) in [5.74, 6) is -0.0663. The summed E-state index contributed by atoms with van der Waals surface area (Å²) < 4.78 is 17.7. The van der Waals surface area contributed by atoms with Crippen LogP contribution in [0.5, 0.6) is 0 Å². The van der Waals surface area contributed by atoms with Crippen molar-refractivity contribution in [1.82, 2.24) is 19.5 Å². The highest BCUT2D eigenvalue weighted by Crippen LogP contribution is 2.33. The molecule has 1 saturated heterocycles. The average Bonchev–Trinajstić information content (AvgIpc) is 3.09. The van der Waals surface area contributed by atoms with Gasteiger partial charge in [0.1, 0.15) is 18.3 Å². The molecule has 2 aromatic heterocycles. The minimum absolute atomic E-state index is 0.0663. The zero-order valence-electron chi connectivity index (χ0n) is 13.0. The zero-order valence-corrected chi connectivity index (χ0v) is 13.0. The van der Waals surface area contributed by atoms with Crippen LogP contribution in [0.2, 0.25) is 0 Å². The van der Waals surface area contributed by atoms with E-state index in [9.17, 15) is 15.0 Å². The van der Waals surface area contributed by atoms with Crippen LogP contribution in [-0.2, 0) is 14.2 Å². The van der Waals surface area contributed by atoms with E-state index in [-0.39, 0.29) is 30.3 Å². The minimum atomic E-state index is -1.06. The van der Waals surface area contributed by atoms with Crippen molar-refractivity contribution < 1.29 is 24.4 Å². The van der Waals surface area contributed by atoms with Gasteiger partial charge in [0.05, 0.1) is 26.1 Å². The first-order valence-electron chi connectivity index (χ1n) is 7.34. The Balaban J connectivity index is 1.97. The molecule has 0 saturated carbocycles. The van der Waals surface area contributed by atoms with Crippen molar-refractivity contribution in [2.75, 3.05) is 32.7 Å². The van der Waals surface area contributed by atoms with Gasteiger partial charge in [-0.15, -0.1) is 0 Å². The van der Waals surface area contributed by atoms with Gasteiger partial charge in [-0.25, -0.2) is 4.98 Å². The summed E-state index contributed by atoms with van der Waals surface area (Å²) in [7, 11) is 1.53. The predicted octanol–water partition coefficient (Wildman–Crippen LogP) is -2.02. The maximum absolute atomic E-state index is 11.9. The number of methoxy groups -OCH3 is 1. The summed E-state index contributed by atoms with van der Waals surface area (Å²) in [6.07, 6.45) is -2.16. The Kier molecular flexibility index (Phi) is 4.78. The fourth-order valence-electron chi connectivity index (χ4n) is 2.67. The van der Waals surface area contributed by atoms with Crippen LogP contribution in [0.3, 0.4) is 0 Å². The molecule has 0 amide bonds. The lowest BCUT2D eigenvalue weighted by atomic mass is 10.1. The molecule has 0 unspecified atom stereocenters. The molecule has 3 rings (SSSR count). The Labute approximate surface area is 136 Å². The Morgan fingerprint density at radius 3 is 3.00 bits per heavy atom. The third kappa shape index (κ3) is 2.87. The summed E-state index contributed by atoms with van der Waals surface area (Å²) in [5.41, 5.74) is 5.39. The quantitative estimate of drug-likeness (QED) is 0.435. The summed E-state index contributed by atoms with van der Waals surface area (Å²) in [4.78, 5) is 22.3. The van der Waals surface area contributed by atoms with Crippen molar-refractivity contribution in [1.29, 1.82) is 0 Å². The van der Waals surface area contributed by atoms with Crippen LogP contribution in [0.15, 0.2) is 11.1 Å². The SMILES string of the molecule is COCCO[C@H]1[C@@H](O)[C@@H](CO)O[C@@H]1n1cnc2c(=O)[nH]c(N)nc21. The normalized spacial score (nSPS) is 27.1. The number of ether oxygens (including phenoxy) is 3. The summed E-state index contributed by atoms with van der Waals surface area (Å²) >= 11 is 0. The topological polar surface area (TPSA) is 158 Å². The summed E-state index contributed by atoms with van der Waals surface area (Å²) in [5, 5.41) is 19.7. The van der Waals surface area contributed by atoms with E-state index in [1.54, 1.807) is 0 Å². The highest BCUT2D eigenvalue weighted by atomic mass is 16.6. The van der Waals surface area contributed by atoms with E-state index in [1.165, 1.54) is 18.0 Å². The van der Waals surface area contributed by atoms with Gasteiger partial charge in [0.2, 0.25) is 5.95 Å². The Hall–Kier alpha value is -2.05. The van der Waals surface area contributed by atoms with E-state index >= 15 is 0 Å². The Bertz CT molecular complexity index is 761. The second-order valence-electron chi connectivity index (χ2n) is 5.34. The van der Waals surface area contributed by atoms with Gasteiger partial charge < -0.3 is 30.2 Å². The number of hydrogen-bond donors (Lipinski definition) is 4. The number of hydrogen-bond acceptors (Lipinski definition) is 9. The standard InChI is InChI=1S/C13H19N5O6/c1-22-2-3-23-9-8(20)6(4-19)24-12(9)18-5-15-7-10(18)16-13(14)17-11(7)21/h5-6,8-9,12,19-20H,2-4H2,1H3,(H3,14,16,17,21)/t6-,8+,9+,12+/m1/s1. The molecule has 1 fully saturated rings. The largest absolute Gasteiger partial charge is 0.394 e. The lowest BCUT2D eigenvalue weighted by Crippen LogP contribution is -2.36. The molecule has 0 aromatic carbocycles. The molecule has 0 aliphatic carbocycles. The molecular formula is C13H19N5O6. The maximum atomic E-state index is 11.9. The predicted molar refractivity (Wildman–Crippen MR) is 81.2 cm³/mol. The number of anilines is 1. The summed E-state index contributed by atoms with van der Waals surface area (Å²) in [6.45, 7) is 0.166. The average molecular weight is 341 g/mol. The van der Waals surface area contributed by atoms with Gasteiger partial charge >= 0.3 is 0 Å². The maximum Gasteiger partial charge on any atom is 0.280 e. The van der Waals surface area contributed by atoms with Gasteiger partial charge in [0.15, 0.2) is 17.4 Å². The number of nitrogens with two attached hydrogens (primary N) is 1. The molecule has 1 aliphatic heterocycles. The van der Waals surface area contributed by atoms with E-state index in [1.807, 2.05) is 0 Å². The molecule has 0 bridgehead atoms. The molecule has 0 spiro atoms. The molecule has 0 radical (unpaired) electrons. The number of H-pyrrole nitrogens is 1. The molecule has 5 N–H and O–H groups in total. The van der Waals surface area contributed by atoms with Gasteiger partial charge in [-0.1, -0.05) is 0 Å². The van der Waals surface area contributed by atoms with E-state index < -0.39 is 30.1 Å². The molecule has 24 heavy (non-hydrogen) atoms. The van der Waals surface area contributed by atoms with Crippen LogP contribution in [0, 0.1) is 0 Å². The Morgan fingerprint density at radius 1 is 1.50 bits per heavy atom. The number of rotatable bonds is 6. The van der Waals surface area contributed by atoms with Crippen molar-refractivity contribution in [3.63, 3.8) is 0 Å². The van der Waals surface area contributed by atoms with Crippen LogP contribution >= 0.6 is 0 Å². The van der Waals surface area contributed by atoms with Crippen LogP contribution in [-0.4, -0.2) is 75.0 Å². The van der Waals surface area contributed by atoms with E-state index in [0.717, 1.165) is 0 Å². The summed E-state index contributed by atoms with van der Waals surface area (Å²) in [6, 6.07) is 0. The van der Waals surface area contributed by atoms with Gasteiger partial charge in [-0.3, -0.25) is 14.3 Å². The van der Waals surface area contributed by atoms with Crippen LogP contribution in [0.4, 0.5) is 5.95 Å². The van der Waals surface area contributed by atoms with Gasteiger partial charge in [0.25, 0.3) is 5.56 Å². The highest BCUT2D eigenvalue weighted by Gasteiger charge is 2.45. The molecular weight excluding hydrogens is 322 g/mol. The minimum Gasteiger partial charge on any atom is -0.394 e. The Morgan fingerprint density at radius 2 is 2.29 bits per heavy atom. The molecule has 1 aliphatic rings. The second-order valence-corrected chi connectivity index (χ2v) is 5.34. The lowest BCUT2D eigenvalue weighted by Gasteiger charge is -2.21. The van der Waals surface area contributed by atoms with Gasteiger partial charge in [-0.2, -0.15) is 4.98 Å². The number of nitrogens with one attached hydrogen (secondary N) is 1. The van der Waals surface area contributed by atoms with Crippen molar-refractivity contribution in [3.05, 3.63) is 16.7 Å². The molecule has 132 valence electrons. The molecule has 2 aromatic rings. The zero-order chi connectivity index (χ0) is 17.3. The van der Waals surface area contributed by atoms with Gasteiger partial charge in [-0.05, 0) is 0 Å². The first-order valence-corrected chi connectivity index (χ1v) is 7.34. The second kappa shape index (κ2) is 6.83. The number of aliphatic hydroxyl groups excluding tert-OH is 2. The smallest absolute Gasteiger partial charge is 0.280 e. The fourth-order valence-corrected chi connectivity index (χ4v) is 2.67. The molecule has 4 atom stereocenters. The number of aliphatic hydroxyl groups is 2. The van der Waals surface area contributed by atoms with Gasteiger partial charge in [0, 0.05) is 7.11 Å². The lowest BCUT2D eigenvalue weighted by molar-refractivity contribution is -0.0785. The molecule has 11 heteroatoms. The van der Waals surface area contributed by atoms with Crippen LogP contribution in [0.1, 0.15) is 6.23 Å². The molecule has 3 heterocycles. The number of nitrogen functional groups attached to an aromatic ring is 1. The molecule has 11 nitrogen and oxygen atoms in total. The monoisotopic (exact) mass is 341 g/mol. The highest BCUT2D eigenvalue weighted by molar-refractivity contribution is 5.70. The van der Waals surface area contributed by atoms with Crippen molar-refractivity contribution in [3.8, 4) is 0 Å². The number of aromatic nitrogens is 4. The van der Waals surface area contributed by atoms with E-state index in [2.05, 4.69) is 15.0 Å². The first-order chi connectivity index (χ1) is 11.6. The third-order valence-corrected chi connectivity index (χ3v) is 3.82. The van der Waals surface area contributed by atoms with E-state index in [4.69, 9.17) is 19.9 Å². The first kappa shape index (κ1) is 16.8. The van der Waals surface area contributed by atoms with Crippen molar-refractivity contribution in [2.24, 2.45) is 0 Å². The van der Waals surface area contributed by atoms with Crippen LogP contribution < -0.4 is 11.3 Å². The van der Waals surface area contributed by atoms with Crippen molar-refractivity contribution >= 4 is 17.1 Å². The number of fused-ring (bicyclic) bond motifs is 1. The number of nitrogens with zero attached hydrogens (tertiary/aromatic N) is 3. The number of aromatic amines is 1. The van der Waals surface area contributed by atoms with Crippen molar-refractivity contribution in [2.45, 2.75) is 24.5 Å². The number of imidazole rings is 1. The third-order valence-electron chi connectivity index (χ3n) is 3.82. The van der Waals surface area contributed by atoms with E-state index in [0.29, 0.717) is 6.61 Å².